The quantitative estimate of drug-likeness (QED) is 0.245. The van der Waals surface area contributed by atoms with Crippen molar-refractivity contribution in [1.82, 2.24) is 0 Å². The summed E-state index contributed by atoms with van der Waals surface area (Å²) in [6.07, 6.45) is 1.49. The monoisotopic (exact) mass is 349 g/mol. The first-order valence-electron chi connectivity index (χ1n) is 8.26. The standard InChI is InChI=1S/C20H19N3O3/c1-3-22(4-2)18-10-8-15(9-11-18)12-17(14-21)20(24)16-6-5-7-19(13-16)23(25)26/h5-13H,3-4H2,1-2H3/b17-12+. The Morgan fingerprint density at radius 3 is 2.38 bits per heavy atom. The summed E-state index contributed by atoms with van der Waals surface area (Å²) in [5, 5.41) is 20.2. The zero-order valence-corrected chi connectivity index (χ0v) is 14.7. The van der Waals surface area contributed by atoms with Gasteiger partial charge in [-0.25, -0.2) is 0 Å². The van der Waals surface area contributed by atoms with Gasteiger partial charge in [0.1, 0.15) is 11.6 Å². The summed E-state index contributed by atoms with van der Waals surface area (Å²) in [6, 6.07) is 14.8. The molecule has 2 aromatic rings. The molecule has 0 bridgehead atoms. The predicted molar refractivity (Wildman–Crippen MR) is 101 cm³/mol. The highest BCUT2D eigenvalue weighted by Gasteiger charge is 2.15. The summed E-state index contributed by atoms with van der Waals surface area (Å²) in [7, 11) is 0. The van der Waals surface area contributed by atoms with Crippen LogP contribution in [0.25, 0.3) is 6.08 Å². The molecule has 0 unspecified atom stereocenters. The van der Waals surface area contributed by atoms with Crippen molar-refractivity contribution in [2.24, 2.45) is 0 Å². The van der Waals surface area contributed by atoms with E-state index in [2.05, 4.69) is 18.7 Å². The largest absolute Gasteiger partial charge is 0.372 e. The lowest BCUT2D eigenvalue weighted by atomic mass is 10.0. The van der Waals surface area contributed by atoms with Gasteiger partial charge in [0.05, 0.1) is 4.92 Å². The van der Waals surface area contributed by atoms with Crippen molar-refractivity contribution in [1.29, 1.82) is 5.26 Å². The van der Waals surface area contributed by atoms with Crippen LogP contribution in [-0.2, 0) is 0 Å². The first kappa shape index (κ1) is 18.9. The number of nitrogens with zero attached hydrogens (tertiary/aromatic N) is 3. The molecular weight excluding hydrogens is 330 g/mol. The zero-order chi connectivity index (χ0) is 19.1. The second kappa shape index (κ2) is 8.58. The lowest BCUT2D eigenvalue weighted by Crippen LogP contribution is -2.21. The molecule has 0 atom stereocenters. The summed E-state index contributed by atoms with van der Waals surface area (Å²) in [6.45, 7) is 5.92. The molecule has 0 saturated carbocycles. The Kier molecular flexibility index (Phi) is 6.23. The Bertz CT molecular complexity index is 876. The summed E-state index contributed by atoms with van der Waals surface area (Å²) in [4.78, 5) is 25.0. The fourth-order valence-corrected chi connectivity index (χ4v) is 2.60. The minimum Gasteiger partial charge on any atom is -0.372 e. The van der Waals surface area contributed by atoms with Crippen molar-refractivity contribution in [3.8, 4) is 6.07 Å². The van der Waals surface area contributed by atoms with Crippen LogP contribution in [0, 0.1) is 21.4 Å². The average Bonchev–Trinajstić information content (AvgIpc) is 2.67. The topological polar surface area (TPSA) is 87.2 Å². The lowest BCUT2D eigenvalue weighted by molar-refractivity contribution is -0.384. The molecule has 0 spiro atoms. The van der Waals surface area contributed by atoms with Crippen LogP contribution in [0.15, 0.2) is 54.1 Å². The van der Waals surface area contributed by atoms with Crippen molar-refractivity contribution >= 4 is 23.2 Å². The molecule has 2 rings (SSSR count). The number of allylic oxidation sites excluding steroid dienone is 1. The molecule has 0 radical (unpaired) electrons. The molecule has 0 aliphatic rings. The van der Waals surface area contributed by atoms with Gasteiger partial charge in [0.15, 0.2) is 0 Å². The Balaban J connectivity index is 2.30. The van der Waals surface area contributed by atoms with E-state index in [1.165, 1.54) is 30.3 Å². The third kappa shape index (κ3) is 4.33. The molecule has 0 aromatic heterocycles. The second-order valence-electron chi connectivity index (χ2n) is 5.57. The second-order valence-corrected chi connectivity index (χ2v) is 5.57. The van der Waals surface area contributed by atoms with Gasteiger partial charge in [0.2, 0.25) is 5.78 Å². The van der Waals surface area contributed by atoms with E-state index in [1.807, 2.05) is 30.3 Å². The molecule has 0 heterocycles. The fourth-order valence-electron chi connectivity index (χ4n) is 2.60. The van der Waals surface area contributed by atoms with Crippen molar-refractivity contribution in [3.05, 3.63) is 75.3 Å². The molecule has 6 heteroatoms. The molecule has 0 N–H and O–H groups in total. The van der Waals surface area contributed by atoms with Crippen molar-refractivity contribution in [2.75, 3.05) is 18.0 Å². The van der Waals surface area contributed by atoms with E-state index in [1.54, 1.807) is 0 Å². The van der Waals surface area contributed by atoms with Gasteiger partial charge in [-0.15, -0.1) is 0 Å². The smallest absolute Gasteiger partial charge is 0.270 e. The number of ketones is 1. The highest BCUT2D eigenvalue weighted by Crippen LogP contribution is 2.20. The molecule has 0 amide bonds. The lowest BCUT2D eigenvalue weighted by Gasteiger charge is -2.20. The molecule has 2 aromatic carbocycles. The average molecular weight is 349 g/mol. The Morgan fingerprint density at radius 2 is 1.85 bits per heavy atom. The highest BCUT2D eigenvalue weighted by molar-refractivity contribution is 6.14. The van der Waals surface area contributed by atoms with Gasteiger partial charge < -0.3 is 4.90 Å². The van der Waals surface area contributed by atoms with E-state index in [9.17, 15) is 20.2 Å². The number of rotatable bonds is 7. The van der Waals surface area contributed by atoms with E-state index >= 15 is 0 Å². The number of hydrogen-bond donors (Lipinski definition) is 0. The first-order chi connectivity index (χ1) is 12.5. The van der Waals surface area contributed by atoms with Gasteiger partial charge in [0, 0.05) is 36.5 Å². The molecule has 0 saturated heterocycles. The zero-order valence-electron chi connectivity index (χ0n) is 14.7. The number of non-ortho nitro benzene ring substituents is 1. The van der Waals surface area contributed by atoms with Crippen LogP contribution in [0.2, 0.25) is 0 Å². The van der Waals surface area contributed by atoms with Crippen LogP contribution >= 0.6 is 0 Å². The van der Waals surface area contributed by atoms with Crippen molar-refractivity contribution in [3.63, 3.8) is 0 Å². The van der Waals surface area contributed by atoms with E-state index in [0.29, 0.717) is 0 Å². The molecule has 0 fully saturated rings. The summed E-state index contributed by atoms with van der Waals surface area (Å²) >= 11 is 0. The predicted octanol–water partition coefficient (Wildman–Crippen LogP) is 4.23. The number of benzene rings is 2. The highest BCUT2D eigenvalue weighted by atomic mass is 16.6. The molecule has 132 valence electrons. The van der Waals surface area contributed by atoms with Crippen molar-refractivity contribution in [2.45, 2.75) is 13.8 Å². The van der Waals surface area contributed by atoms with E-state index in [0.717, 1.165) is 24.3 Å². The third-order valence-electron chi connectivity index (χ3n) is 4.02. The SMILES string of the molecule is CCN(CC)c1ccc(/C=C(\C#N)C(=O)c2cccc([N+](=O)[O-])c2)cc1. The van der Waals surface area contributed by atoms with Gasteiger partial charge in [0.25, 0.3) is 5.69 Å². The Labute approximate surface area is 152 Å². The number of nitriles is 1. The van der Waals surface area contributed by atoms with Gasteiger partial charge >= 0.3 is 0 Å². The minimum atomic E-state index is -0.571. The molecule has 6 nitrogen and oxygen atoms in total. The number of Topliss-reactive ketones (excluding diaryl/α,β-unsaturated/α-hetero) is 1. The number of carbonyl (C=O) groups excluding carboxylic acids is 1. The number of anilines is 1. The maximum Gasteiger partial charge on any atom is 0.270 e. The number of nitro benzene ring substituents is 1. The van der Waals surface area contributed by atoms with Gasteiger partial charge in [-0.05, 0) is 37.6 Å². The van der Waals surface area contributed by atoms with Crippen LogP contribution in [0.5, 0.6) is 0 Å². The Hall–Kier alpha value is -3.46. The van der Waals surface area contributed by atoms with Crippen LogP contribution in [0.4, 0.5) is 11.4 Å². The van der Waals surface area contributed by atoms with Crippen molar-refractivity contribution < 1.29 is 9.72 Å². The van der Waals surface area contributed by atoms with Crippen LogP contribution in [0.3, 0.4) is 0 Å². The molecule has 26 heavy (non-hydrogen) atoms. The maximum atomic E-state index is 12.5. The van der Waals surface area contributed by atoms with Gasteiger partial charge in [-0.1, -0.05) is 24.3 Å². The fraction of sp³-hybridized carbons (Fsp3) is 0.200. The van der Waals surface area contributed by atoms with E-state index in [4.69, 9.17) is 0 Å². The Morgan fingerprint density at radius 1 is 1.19 bits per heavy atom. The molecular formula is C20H19N3O3. The number of carbonyl (C=O) groups is 1. The van der Waals surface area contributed by atoms with E-state index in [-0.39, 0.29) is 16.8 Å². The van der Waals surface area contributed by atoms with Crippen LogP contribution in [-0.4, -0.2) is 23.8 Å². The van der Waals surface area contributed by atoms with Gasteiger partial charge in [-0.3, -0.25) is 14.9 Å². The summed E-state index contributed by atoms with van der Waals surface area (Å²) in [5.41, 5.74) is 1.65. The first-order valence-corrected chi connectivity index (χ1v) is 8.26. The maximum absolute atomic E-state index is 12.5. The van der Waals surface area contributed by atoms with Crippen LogP contribution < -0.4 is 4.90 Å². The van der Waals surface area contributed by atoms with E-state index < -0.39 is 10.7 Å². The molecule has 0 aliphatic heterocycles. The normalized spacial score (nSPS) is 10.9. The summed E-state index contributed by atoms with van der Waals surface area (Å²) < 4.78 is 0. The van der Waals surface area contributed by atoms with Crippen LogP contribution in [0.1, 0.15) is 29.8 Å². The number of hydrogen-bond acceptors (Lipinski definition) is 5. The third-order valence-corrected chi connectivity index (χ3v) is 4.02. The summed E-state index contributed by atoms with van der Waals surface area (Å²) in [5.74, 6) is -0.538. The number of nitro groups is 1. The van der Waals surface area contributed by atoms with Gasteiger partial charge in [-0.2, -0.15) is 5.26 Å². The molecule has 0 aliphatic carbocycles. The minimum absolute atomic E-state index is 0.0684.